The third kappa shape index (κ3) is 2.29. The van der Waals surface area contributed by atoms with Crippen LogP contribution in [0.2, 0.25) is 0 Å². The summed E-state index contributed by atoms with van der Waals surface area (Å²) in [5.41, 5.74) is 3.10. The molecule has 0 saturated carbocycles. The van der Waals surface area contributed by atoms with Crippen LogP contribution in [-0.2, 0) is 6.42 Å². The van der Waals surface area contributed by atoms with Crippen LogP contribution >= 0.6 is 11.3 Å². The molecule has 0 fully saturated rings. The highest BCUT2D eigenvalue weighted by Crippen LogP contribution is 2.37. The number of nitrogens with one attached hydrogen (secondary N) is 1. The number of hydrogen-bond acceptors (Lipinski definition) is 4. The van der Waals surface area contributed by atoms with Crippen molar-refractivity contribution >= 4 is 22.7 Å². The van der Waals surface area contributed by atoms with Crippen molar-refractivity contribution in [2.75, 3.05) is 5.32 Å². The van der Waals surface area contributed by atoms with Crippen LogP contribution in [0.25, 0.3) is 0 Å². The maximum atomic E-state index is 11.0. The minimum Gasteiger partial charge on any atom is -0.378 e. The lowest BCUT2D eigenvalue weighted by Crippen LogP contribution is -2.16. The van der Waals surface area contributed by atoms with E-state index in [1.54, 1.807) is 30.4 Å². The first kappa shape index (κ1) is 13.1. The van der Waals surface area contributed by atoms with Gasteiger partial charge in [-0.25, -0.2) is 0 Å². The lowest BCUT2D eigenvalue weighted by Gasteiger charge is -2.25. The predicted octanol–water partition coefficient (Wildman–Crippen LogP) is 4.45. The number of benzene rings is 1. The summed E-state index contributed by atoms with van der Waals surface area (Å²) in [6.07, 6.45) is 3.39. The van der Waals surface area contributed by atoms with E-state index < -0.39 is 0 Å². The molecule has 104 valence electrons. The van der Waals surface area contributed by atoms with E-state index in [4.69, 9.17) is 0 Å². The van der Waals surface area contributed by atoms with E-state index in [2.05, 4.69) is 16.8 Å². The van der Waals surface area contributed by atoms with E-state index in [-0.39, 0.29) is 16.7 Å². The Morgan fingerprint density at radius 3 is 3.05 bits per heavy atom. The molecule has 2 aromatic rings. The highest BCUT2D eigenvalue weighted by atomic mass is 32.1. The van der Waals surface area contributed by atoms with Gasteiger partial charge in [-0.3, -0.25) is 10.1 Å². The Hall–Kier alpha value is -1.88. The van der Waals surface area contributed by atoms with Gasteiger partial charge in [-0.1, -0.05) is 6.07 Å². The quantitative estimate of drug-likeness (QED) is 0.670. The molecule has 1 N–H and O–H groups in total. The van der Waals surface area contributed by atoms with E-state index in [9.17, 15) is 10.1 Å². The van der Waals surface area contributed by atoms with Crippen LogP contribution in [0.3, 0.4) is 0 Å². The molecule has 1 aromatic carbocycles. The average Bonchev–Trinajstić information content (AvgIpc) is 2.90. The molecule has 4 nitrogen and oxygen atoms in total. The molecule has 0 amide bonds. The fourth-order valence-electron chi connectivity index (χ4n) is 2.80. The van der Waals surface area contributed by atoms with E-state index in [1.165, 1.54) is 16.9 Å². The molecule has 1 aliphatic rings. The second-order valence-electron chi connectivity index (χ2n) is 5.10. The topological polar surface area (TPSA) is 55.2 Å². The van der Waals surface area contributed by atoms with Crippen molar-refractivity contribution in [2.45, 2.75) is 32.2 Å². The molecule has 0 radical (unpaired) electrons. The maximum absolute atomic E-state index is 11.0. The number of aryl methyl sites for hydroxylation is 1. The summed E-state index contributed by atoms with van der Waals surface area (Å²) in [4.78, 5) is 12.1. The molecule has 0 saturated heterocycles. The minimum absolute atomic E-state index is 0.177. The molecular formula is C15H16N2O2S. The van der Waals surface area contributed by atoms with Crippen molar-refractivity contribution in [3.63, 3.8) is 0 Å². The Labute approximate surface area is 121 Å². The average molecular weight is 288 g/mol. The number of nitro benzene ring substituents is 1. The Morgan fingerprint density at radius 2 is 2.25 bits per heavy atom. The standard InChI is InChI=1S/C15H16N2O2S/c1-10-12(4-2-6-14(10)17(18)19)16-13-5-3-7-15-11(13)8-9-20-15/h2,4,6,8-9,13,16H,3,5,7H2,1H3. The van der Waals surface area contributed by atoms with Gasteiger partial charge in [0.25, 0.3) is 5.69 Å². The van der Waals surface area contributed by atoms with Gasteiger partial charge in [0.1, 0.15) is 0 Å². The third-order valence-corrected chi connectivity index (χ3v) is 4.88. The zero-order valence-corrected chi connectivity index (χ0v) is 12.1. The monoisotopic (exact) mass is 288 g/mol. The number of rotatable bonds is 3. The van der Waals surface area contributed by atoms with E-state index in [0.29, 0.717) is 5.56 Å². The first-order valence-electron chi connectivity index (χ1n) is 6.73. The Balaban J connectivity index is 1.90. The number of nitro groups is 1. The molecule has 0 spiro atoms. The van der Waals surface area contributed by atoms with Crippen molar-refractivity contribution in [1.29, 1.82) is 0 Å². The smallest absolute Gasteiger partial charge is 0.274 e. The normalized spacial score (nSPS) is 17.6. The summed E-state index contributed by atoms with van der Waals surface area (Å²) in [6.45, 7) is 1.80. The van der Waals surface area contributed by atoms with Crippen LogP contribution in [-0.4, -0.2) is 4.92 Å². The molecule has 20 heavy (non-hydrogen) atoms. The molecule has 1 aliphatic carbocycles. The lowest BCUT2D eigenvalue weighted by molar-refractivity contribution is -0.385. The van der Waals surface area contributed by atoms with Crippen molar-refractivity contribution in [3.05, 3.63) is 55.8 Å². The van der Waals surface area contributed by atoms with Crippen LogP contribution in [0, 0.1) is 17.0 Å². The first-order chi connectivity index (χ1) is 9.66. The molecule has 3 rings (SSSR count). The fraction of sp³-hybridized carbons (Fsp3) is 0.333. The molecule has 5 heteroatoms. The SMILES string of the molecule is Cc1c(NC2CCCc3sccc32)cccc1[N+](=O)[O-]. The molecule has 0 aliphatic heterocycles. The zero-order chi connectivity index (χ0) is 14.1. The van der Waals surface area contributed by atoms with Gasteiger partial charge < -0.3 is 5.32 Å². The largest absolute Gasteiger partial charge is 0.378 e. The highest BCUT2D eigenvalue weighted by molar-refractivity contribution is 7.10. The van der Waals surface area contributed by atoms with Crippen LogP contribution in [0.5, 0.6) is 0 Å². The molecule has 1 unspecified atom stereocenters. The van der Waals surface area contributed by atoms with Gasteiger partial charge in [0.15, 0.2) is 0 Å². The van der Waals surface area contributed by atoms with Crippen LogP contribution in [0.1, 0.15) is 34.9 Å². The number of nitrogens with zero attached hydrogens (tertiary/aromatic N) is 1. The van der Waals surface area contributed by atoms with Crippen LogP contribution in [0.4, 0.5) is 11.4 Å². The third-order valence-electron chi connectivity index (χ3n) is 3.88. The molecule has 1 aromatic heterocycles. The summed E-state index contributed by atoms with van der Waals surface area (Å²) in [7, 11) is 0. The summed E-state index contributed by atoms with van der Waals surface area (Å²) in [5.74, 6) is 0. The maximum Gasteiger partial charge on any atom is 0.274 e. The summed E-state index contributed by atoms with van der Waals surface area (Å²) >= 11 is 1.80. The van der Waals surface area contributed by atoms with Crippen molar-refractivity contribution in [1.82, 2.24) is 0 Å². The van der Waals surface area contributed by atoms with Gasteiger partial charge in [-0.15, -0.1) is 11.3 Å². The summed E-state index contributed by atoms with van der Waals surface area (Å²) in [6, 6.07) is 7.65. The lowest BCUT2D eigenvalue weighted by atomic mass is 9.93. The van der Waals surface area contributed by atoms with Crippen molar-refractivity contribution < 1.29 is 4.92 Å². The molecule has 0 bridgehead atoms. The highest BCUT2D eigenvalue weighted by Gasteiger charge is 2.22. The van der Waals surface area contributed by atoms with Crippen LogP contribution < -0.4 is 5.32 Å². The Bertz CT molecular complexity index is 651. The van der Waals surface area contributed by atoms with E-state index >= 15 is 0 Å². The zero-order valence-electron chi connectivity index (χ0n) is 11.3. The summed E-state index contributed by atoms with van der Waals surface area (Å²) in [5, 5.41) is 16.6. The van der Waals surface area contributed by atoms with E-state index in [0.717, 1.165) is 18.5 Å². The number of anilines is 1. The molecular weight excluding hydrogens is 272 g/mol. The second-order valence-corrected chi connectivity index (χ2v) is 6.10. The Kier molecular flexibility index (Phi) is 3.44. The molecule has 1 heterocycles. The number of fused-ring (bicyclic) bond motifs is 1. The van der Waals surface area contributed by atoms with Gasteiger partial charge in [0, 0.05) is 22.2 Å². The van der Waals surface area contributed by atoms with Crippen LogP contribution in [0.15, 0.2) is 29.6 Å². The number of thiophene rings is 1. The second kappa shape index (κ2) is 5.25. The summed E-state index contributed by atoms with van der Waals surface area (Å²) < 4.78 is 0. The van der Waals surface area contributed by atoms with Gasteiger partial charge in [-0.2, -0.15) is 0 Å². The van der Waals surface area contributed by atoms with E-state index in [1.807, 2.05) is 6.07 Å². The van der Waals surface area contributed by atoms with Gasteiger partial charge in [0.2, 0.25) is 0 Å². The Morgan fingerprint density at radius 1 is 1.40 bits per heavy atom. The van der Waals surface area contributed by atoms with Gasteiger partial charge in [0.05, 0.1) is 11.0 Å². The number of hydrogen-bond donors (Lipinski definition) is 1. The minimum atomic E-state index is -0.322. The first-order valence-corrected chi connectivity index (χ1v) is 7.61. The van der Waals surface area contributed by atoms with Crippen molar-refractivity contribution in [2.24, 2.45) is 0 Å². The fourth-order valence-corrected chi connectivity index (χ4v) is 3.79. The van der Waals surface area contributed by atoms with Gasteiger partial charge in [-0.05, 0) is 49.3 Å². The predicted molar refractivity (Wildman–Crippen MR) is 81.5 cm³/mol. The molecule has 1 atom stereocenters. The van der Waals surface area contributed by atoms with Crippen molar-refractivity contribution in [3.8, 4) is 0 Å². The van der Waals surface area contributed by atoms with Gasteiger partial charge >= 0.3 is 0 Å².